The van der Waals surface area contributed by atoms with Gasteiger partial charge in [-0.25, -0.2) is 9.59 Å². The molecule has 0 aliphatic rings. The molecule has 0 aliphatic heterocycles. The lowest BCUT2D eigenvalue weighted by atomic mass is 10.2. The molecular formula is C12H16N4O4. The van der Waals surface area contributed by atoms with Gasteiger partial charge in [0.1, 0.15) is 0 Å². The van der Waals surface area contributed by atoms with Crippen molar-refractivity contribution in [2.75, 3.05) is 17.2 Å². The van der Waals surface area contributed by atoms with Crippen LogP contribution in [0, 0.1) is 0 Å². The summed E-state index contributed by atoms with van der Waals surface area (Å²) in [7, 11) is 0. The number of hydrogen-bond donors (Lipinski definition) is 4. The highest BCUT2D eigenvalue weighted by atomic mass is 16.5. The highest BCUT2D eigenvalue weighted by Gasteiger charge is 2.23. The Morgan fingerprint density at radius 3 is 2.10 bits per heavy atom. The molecule has 108 valence electrons. The number of benzene rings is 1. The van der Waals surface area contributed by atoms with E-state index in [0.29, 0.717) is 11.4 Å². The Morgan fingerprint density at radius 2 is 1.65 bits per heavy atom. The van der Waals surface area contributed by atoms with Crippen LogP contribution in [0.5, 0.6) is 0 Å². The summed E-state index contributed by atoms with van der Waals surface area (Å²) in [5, 5.41) is 4.82. The number of nitrogens with one attached hydrogen (secondary N) is 2. The first-order valence-electron chi connectivity index (χ1n) is 5.83. The fraction of sp³-hybridized carbons (Fsp3) is 0.250. The average Bonchev–Trinajstić information content (AvgIpc) is 2.39. The van der Waals surface area contributed by atoms with Crippen LogP contribution in [0.15, 0.2) is 24.3 Å². The predicted molar refractivity (Wildman–Crippen MR) is 72.9 cm³/mol. The number of amides is 3. The van der Waals surface area contributed by atoms with Crippen molar-refractivity contribution in [2.24, 2.45) is 11.5 Å². The van der Waals surface area contributed by atoms with Gasteiger partial charge in [-0.3, -0.25) is 4.79 Å². The van der Waals surface area contributed by atoms with E-state index in [4.69, 9.17) is 11.5 Å². The molecule has 1 atom stereocenters. The average molecular weight is 280 g/mol. The number of nitrogens with two attached hydrogens (primary N) is 2. The lowest BCUT2D eigenvalue weighted by molar-refractivity contribution is -0.146. The van der Waals surface area contributed by atoms with Crippen LogP contribution in [-0.4, -0.2) is 30.6 Å². The summed E-state index contributed by atoms with van der Waals surface area (Å²) >= 11 is 0. The van der Waals surface area contributed by atoms with E-state index in [9.17, 15) is 14.4 Å². The van der Waals surface area contributed by atoms with Gasteiger partial charge < -0.3 is 26.8 Å². The van der Waals surface area contributed by atoms with Crippen molar-refractivity contribution in [1.82, 2.24) is 0 Å². The number of carbonyl (C=O) groups is 3. The van der Waals surface area contributed by atoms with Crippen molar-refractivity contribution in [3.63, 3.8) is 0 Å². The number of ether oxygens (including phenoxy) is 1. The first-order chi connectivity index (χ1) is 9.43. The summed E-state index contributed by atoms with van der Waals surface area (Å²) in [6.45, 7) is 1.76. The summed E-state index contributed by atoms with van der Waals surface area (Å²) < 4.78 is 4.64. The molecule has 0 fully saturated rings. The largest absolute Gasteiger partial charge is 0.464 e. The van der Waals surface area contributed by atoms with E-state index in [-0.39, 0.29) is 6.61 Å². The lowest BCUT2D eigenvalue weighted by Gasteiger charge is -2.11. The van der Waals surface area contributed by atoms with Crippen LogP contribution in [0.1, 0.15) is 6.92 Å². The van der Waals surface area contributed by atoms with E-state index in [1.165, 1.54) is 24.3 Å². The van der Waals surface area contributed by atoms with E-state index in [1.54, 1.807) is 6.92 Å². The highest BCUT2D eigenvalue weighted by molar-refractivity contribution is 6.08. The van der Waals surface area contributed by atoms with Crippen molar-refractivity contribution in [2.45, 2.75) is 13.0 Å². The number of primary amides is 1. The van der Waals surface area contributed by atoms with Gasteiger partial charge in [0.25, 0.3) is 5.91 Å². The molecule has 1 unspecified atom stereocenters. The molecule has 1 aromatic carbocycles. The normalized spacial score (nSPS) is 11.3. The minimum absolute atomic E-state index is 0.146. The predicted octanol–water partition coefficient (Wildman–Crippen LogP) is 0.00610. The minimum Gasteiger partial charge on any atom is -0.464 e. The zero-order chi connectivity index (χ0) is 15.1. The topological polar surface area (TPSA) is 137 Å². The summed E-state index contributed by atoms with van der Waals surface area (Å²) in [6, 6.07) is 4.05. The molecule has 0 radical (unpaired) electrons. The highest BCUT2D eigenvalue weighted by Crippen LogP contribution is 2.13. The second-order valence-electron chi connectivity index (χ2n) is 3.79. The quantitative estimate of drug-likeness (QED) is 0.444. The molecule has 0 aliphatic carbocycles. The van der Waals surface area contributed by atoms with E-state index < -0.39 is 23.9 Å². The fourth-order valence-corrected chi connectivity index (χ4v) is 1.34. The molecular weight excluding hydrogens is 264 g/mol. The maximum Gasteiger partial charge on any atom is 0.332 e. The molecule has 1 aromatic rings. The third kappa shape index (κ3) is 4.58. The molecule has 8 nitrogen and oxygen atoms in total. The van der Waals surface area contributed by atoms with Crippen LogP contribution in [0.3, 0.4) is 0 Å². The molecule has 6 N–H and O–H groups in total. The van der Waals surface area contributed by atoms with Crippen LogP contribution in [-0.2, 0) is 14.3 Å². The number of rotatable bonds is 5. The first kappa shape index (κ1) is 15.4. The molecule has 0 heterocycles. The fourth-order valence-electron chi connectivity index (χ4n) is 1.34. The van der Waals surface area contributed by atoms with Gasteiger partial charge in [-0.1, -0.05) is 0 Å². The van der Waals surface area contributed by atoms with Crippen molar-refractivity contribution >= 4 is 29.3 Å². The van der Waals surface area contributed by atoms with Crippen LogP contribution < -0.4 is 22.1 Å². The number of hydrogen-bond acceptors (Lipinski definition) is 5. The van der Waals surface area contributed by atoms with Gasteiger partial charge in [-0.05, 0) is 31.2 Å². The van der Waals surface area contributed by atoms with Crippen molar-refractivity contribution < 1.29 is 19.1 Å². The Balaban J connectivity index is 2.62. The molecule has 0 aromatic heterocycles. The van der Waals surface area contributed by atoms with Gasteiger partial charge in [-0.15, -0.1) is 0 Å². The Hall–Kier alpha value is -2.61. The van der Waals surface area contributed by atoms with Crippen LogP contribution in [0.4, 0.5) is 16.2 Å². The molecule has 8 heteroatoms. The van der Waals surface area contributed by atoms with Gasteiger partial charge in [-0.2, -0.15) is 0 Å². The zero-order valence-electron chi connectivity index (χ0n) is 10.9. The number of esters is 1. The monoisotopic (exact) mass is 280 g/mol. The minimum atomic E-state index is -1.39. The van der Waals surface area contributed by atoms with Crippen molar-refractivity contribution in [3.05, 3.63) is 24.3 Å². The van der Waals surface area contributed by atoms with E-state index in [1.807, 2.05) is 0 Å². The maximum atomic E-state index is 11.7. The van der Waals surface area contributed by atoms with Crippen LogP contribution in [0.25, 0.3) is 0 Å². The third-order valence-electron chi connectivity index (χ3n) is 2.24. The van der Waals surface area contributed by atoms with Crippen LogP contribution in [0.2, 0.25) is 0 Å². The van der Waals surface area contributed by atoms with Gasteiger partial charge in [0.15, 0.2) is 6.04 Å². The smallest absolute Gasteiger partial charge is 0.332 e. The first-order valence-corrected chi connectivity index (χ1v) is 5.83. The van der Waals surface area contributed by atoms with Crippen molar-refractivity contribution in [3.8, 4) is 0 Å². The second-order valence-corrected chi connectivity index (χ2v) is 3.79. The molecule has 0 saturated carbocycles. The van der Waals surface area contributed by atoms with E-state index in [2.05, 4.69) is 15.4 Å². The van der Waals surface area contributed by atoms with Gasteiger partial charge in [0.2, 0.25) is 0 Å². The Labute approximate surface area is 115 Å². The summed E-state index contributed by atoms with van der Waals surface area (Å²) in [6.07, 6.45) is 0. The molecule has 3 amide bonds. The van der Waals surface area contributed by atoms with Gasteiger partial charge >= 0.3 is 12.0 Å². The summed E-state index contributed by atoms with van der Waals surface area (Å²) in [5.74, 6) is -1.48. The Bertz CT molecular complexity index is 501. The molecule has 0 bridgehead atoms. The Morgan fingerprint density at radius 1 is 1.15 bits per heavy atom. The van der Waals surface area contributed by atoms with Gasteiger partial charge in [0, 0.05) is 11.4 Å². The maximum absolute atomic E-state index is 11.7. The number of anilines is 2. The van der Waals surface area contributed by atoms with Crippen LogP contribution >= 0.6 is 0 Å². The Kier molecular flexibility index (Phi) is 5.48. The number of carbonyl (C=O) groups excluding carboxylic acids is 3. The summed E-state index contributed by atoms with van der Waals surface area (Å²) in [5.41, 5.74) is 11.3. The SMILES string of the molecule is CCOC(=O)C(N)C(=O)Nc1ccc(NC(N)=O)cc1. The van der Waals surface area contributed by atoms with Crippen molar-refractivity contribution in [1.29, 1.82) is 0 Å². The molecule has 0 spiro atoms. The molecule has 1 rings (SSSR count). The zero-order valence-corrected chi connectivity index (χ0v) is 10.9. The third-order valence-corrected chi connectivity index (χ3v) is 2.24. The van der Waals surface area contributed by atoms with E-state index >= 15 is 0 Å². The second kappa shape index (κ2) is 7.10. The molecule has 0 saturated heterocycles. The standard InChI is InChI=1S/C12H16N4O4/c1-2-20-11(18)9(13)10(17)15-7-3-5-8(6-4-7)16-12(14)19/h3-6,9H,2,13H2,1H3,(H,15,17)(H3,14,16,19). The summed E-state index contributed by atoms with van der Waals surface area (Å²) in [4.78, 5) is 33.6. The van der Waals surface area contributed by atoms with E-state index in [0.717, 1.165) is 0 Å². The lowest BCUT2D eigenvalue weighted by Crippen LogP contribution is -2.43. The van der Waals surface area contributed by atoms with Gasteiger partial charge in [0.05, 0.1) is 6.61 Å². The molecule has 20 heavy (non-hydrogen) atoms. The number of urea groups is 1.